The first-order valence-electron chi connectivity index (χ1n) is 25.5. The van der Waals surface area contributed by atoms with Gasteiger partial charge in [-0.25, -0.2) is 4.98 Å². The van der Waals surface area contributed by atoms with Gasteiger partial charge in [-0.05, 0) is 133 Å². The Kier molecular flexibility index (Phi) is 11.8. The van der Waals surface area contributed by atoms with Crippen LogP contribution in [0.15, 0.2) is 170 Å². The molecule has 0 radical (unpaired) electrons. The number of pyridine rings is 1. The lowest BCUT2D eigenvalue weighted by molar-refractivity contribution is 0.483. The van der Waals surface area contributed by atoms with Crippen LogP contribution in [0.3, 0.4) is 0 Å². The normalized spacial score (nSPS) is 13.4. The first kappa shape index (κ1) is 47.6. The van der Waals surface area contributed by atoms with E-state index in [1.807, 2.05) is 6.20 Å². The van der Waals surface area contributed by atoms with Gasteiger partial charge in [0.2, 0.25) is 0 Å². The second kappa shape index (κ2) is 17.6. The summed E-state index contributed by atoms with van der Waals surface area (Å²) in [6.45, 7) is 30.6. The van der Waals surface area contributed by atoms with Crippen LogP contribution in [0.5, 0.6) is 11.5 Å². The first-order valence-corrected chi connectivity index (χ1v) is 25.5. The zero-order valence-corrected chi connectivity index (χ0v) is 44.1. The number of ether oxygens (including phenoxy) is 1. The molecule has 9 aromatic rings. The van der Waals surface area contributed by atoms with Gasteiger partial charge in [-0.1, -0.05) is 175 Å². The highest BCUT2D eigenvalue weighted by molar-refractivity contribution is 6.09. The molecule has 0 saturated heterocycles. The van der Waals surface area contributed by atoms with Crippen LogP contribution in [0.4, 0.5) is 22.7 Å². The Morgan fingerprint density at radius 3 is 1.80 bits per heavy atom. The molecule has 0 spiro atoms. The van der Waals surface area contributed by atoms with Gasteiger partial charge in [0.15, 0.2) is 0 Å². The minimum atomic E-state index is -0.226. The molecule has 7 aromatic carbocycles. The molecule has 1 aliphatic rings. The van der Waals surface area contributed by atoms with Crippen molar-refractivity contribution >= 4 is 44.6 Å². The van der Waals surface area contributed by atoms with Crippen LogP contribution in [-0.4, -0.2) is 16.2 Å². The number of para-hydroxylation sites is 1. The number of hydrogen-bond donors (Lipinski definition) is 0. The summed E-state index contributed by atoms with van der Waals surface area (Å²) >= 11 is 0. The Morgan fingerprint density at radius 2 is 1.10 bits per heavy atom. The van der Waals surface area contributed by atoms with Gasteiger partial charge in [0.1, 0.15) is 24.0 Å². The third-order valence-electron chi connectivity index (χ3n) is 14.8. The van der Waals surface area contributed by atoms with Crippen molar-refractivity contribution in [3.05, 3.63) is 203 Å². The van der Waals surface area contributed by atoms with Crippen LogP contribution < -0.4 is 14.5 Å². The van der Waals surface area contributed by atoms with Crippen molar-refractivity contribution in [3.8, 4) is 28.4 Å². The molecule has 3 heterocycles. The van der Waals surface area contributed by atoms with E-state index in [1.165, 1.54) is 61.4 Å². The van der Waals surface area contributed by atoms with Gasteiger partial charge < -0.3 is 14.5 Å². The van der Waals surface area contributed by atoms with Crippen LogP contribution in [0, 0.1) is 0 Å². The van der Waals surface area contributed by atoms with E-state index in [1.54, 1.807) is 0 Å². The smallest absolute Gasteiger partial charge is 0.137 e. The van der Waals surface area contributed by atoms with Crippen molar-refractivity contribution in [1.82, 2.24) is 9.55 Å². The maximum atomic E-state index is 7.17. The van der Waals surface area contributed by atoms with Gasteiger partial charge in [-0.2, -0.15) is 0 Å². The van der Waals surface area contributed by atoms with Gasteiger partial charge >= 0.3 is 0 Å². The number of rotatable bonds is 9. The van der Waals surface area contributed by atoms with Crippen LogP contribution >= 0.6 is 0 Å². The van der Waals surface area contributed by atoms with Crippen LogP contribution in [0.2, 0.25) is 0 Å². The molecule has 0 saturated carbocycles. The molecular formula is C66H70N4O. The summed E-state index contributed by atoms with van der Waals surface area (Å²) in [7, 11) is 0. The monoisotopic (exact) mass is 935 g/mol. The molecule has 71 heavy (non-hydrogen) atoms. The van der Waals surface area contributed by atoms with E-state index in [4.69, 9.17) is 9.72 Å². The summed E-state index contributed by atoms with van der Waals surface area (Å²) in [6.07, 6.45) is 1.95. The second-order valence-corrected chi connectivity index (χ2v) is 23.7. The van der Waals surface area contributed by atoms with Crippen LogP contribution in [0.1, 0.15) is 129 Å². The van der Waals surface area contributed by atoms with Crippen molar-refractivity contribution in [2.75, 3.05) is 16.5 Å². The maximum Gasteiger partial charge on any atom is 0.137 e. The predicted octanol–water partition coefficient (Wildman–Crippen LogP) is 18.2. The average molecular weight is 935 g/mol. The van der Waals surface area contributed by atoms with Crippen LogP contribution in [0.25, 0.3) is 38.8 Å². The lowest BCUT2D eigenvalue weighted by Crippen LogP contribution is -2.25. The quantitative estimate of drug-likeness (QED) is 0.144. The Balaban J connectivity index is 1.12. The largest absolute Gasteiger partial charge is 0.457 e. The number of anilines is 4. The molecule has 1 aliphatic heterocycles. The van der Waals surface area contributed by atoms with E-state index in [0.29, 0.717) is 12.6 Å². The summed E-state index contributed by atoms with van der Waals surface area (Å²) in [5.74, 6) is 2.74. The molecule has 360 valence electrons. The molecule has 0 N–H and O–H groups in total. The molecule has 0 fully saturated rings. The molecule has 0 atom stereocenters. The number of benzene rings is 7. The third-order valence-corrected chi connectivity index (χ3v) is 14.8. The molecule has 0 aliphatic carbocycles. The fraction of sp³-hybridized carbons (Fsp3) is 0.288. The van der Waals surface area contributed by atoms with E-state index >= 15 is 0 Å². The summed E-state index contributed by atoms with van der Waals surface area (Å²) in [4.78, 5) is 10.0. The van der Waals surface area contributed by atoms with Crippen molar-refractivity contribution in [2.45, 2.75) is 118 Å². The van der Waals surface area contributed by atoms with Gasteiger partial charge in [0.05, 0.1) is 22.4 Å². The molecule has 2 aromatic heterocycles. The van der Waals surface area contributed by atoms with Crippen molar-refractivity contribution in [1.29, 1.82) is 0 Å². The predicted molar refractivity (Wildman–Crippen MR) is 301 cm³/mol. The zero-order valence-electron chi connectivity index (χ0n) is 44.1. The third kappa shape index (κ3) is 9.01. The molecule has 5 nitrogen and oxygen atoms in total. The number of aromatic nitrogens is 2. The van der Waals surface area contributed by atoms with E-state index in [0.717, 1.165) is 45.0 Å². The topological polar surface area (TPSA) is 33.5 Å². The van der Waals surface area contributed by atoms with Gasteiger partial charge in [-0.3, -0.25) is 4.57 Å². The molecule has 10 rings (SSSR count). The van der Waals surface area contributed by atoms with E-state index in [-0.39, 0.29) is 21.7 Å². The lowest BCUT2D eigenvalue weighted by Gasteiger charge is -2.30. The first-order chi connectivity index (χ1) is 33.6. The van der Waals surface area contributed by atoms with Gasteiger partial charge in [-0.15, -0.1) is 0 Å². The molecule has 5 heteroatoms. The van der Waals surface area contributed by atoms with Crippen molar-refractivity contribution in [3.63, 3.8) is 0 Å². The number of nitrogens with zero attached hydrogens (tertiary/aromatic N) is 4. The fourth-order valence-electron chi connectivity index (χ4n) is 10.4. The molecule has 0 bridgehead atoms. The summed E-state index contributed by atoms with van der Waals surface area (Å²) in [6, 6.07) is 60.3. The molecule has 0 unspecified atom stereocenters. The van der Waals surface area contributed by atoms with E-state index in [2.05, 4.69) is 268 Å². The van der Waals surface area contributed by atoms with Crippen molar-refractivity contribution < 1.29 is 4.74 Å². The number of hydrogen-bond acceptors (Lipinski definition) is 4. The van der Waals surface area contributed by atoms with E-state index < -0.39 is 0 Å². The maximum absolute atomic E-state index is 7.17. The molecule has 0 amide bonds. The fourth-order valence-corrected chi connectivity index (χ4v) is 10.4. The highest BCUT2D eigenvalue weighted by Crippen LogP contribution is 2.49. The Morgan fingerprint density at radius 1 is 0.465 bits per heavy atom. The Labute approximate surface area is 422 Å². The van der Waals surface area contributed by atoms with E-state index in [9.17, 15) is 0 Å². The average Bonchev–Trinajstić information content (AvgIpc) is 3.89. The lowest BCUT2D eigenvalue weighted by atomic mass is 9.78. The van der Waals surface area contributed by atoms with Gasteiger partial charge in [0.25, 0.3) is 0 Å². The summed E-state index contributed by atoms with van der Waals surface area (Å²) in [5, 5.41) is 2.32. The summed E-state index contributed by atoms with van der Waals surface area (Å²) < 4.78 is 9.46. The summed E-state index contributed by atoms with van der Waals surface area (Å²) in [5.41, 5.74) is 16.6. The highest BCUT2D eigenvalue weighted by Gasteiger charge is 2.33. The highest BCUT2D eigenvalue weighted by atomic mass is 16.5. The SMILES string of the molecule is CC(C)c1ccccc1-c1cc(Oc2ccc3c4ccccc4n(-c4cc(C(C)(C)c5ccccc5)ccn4)c3c2)cc(N2CN(c3cc(C(C)(C)C)cc(C(C)(C)C)c3)c3cc(C(C)(C)C)ccc32)c1. The Bertz CT molecular complexity index is 3410. The van der Waals surface area contributed by atoms with Gasteiger partial charge in [0, 0.05) is 45.9 Å². The molecular weight excluding hydrogens is 865 g/mol. The standard InChI is InChI=1S/C66H70N4O/c1-43(2)54-23-17-18-24-55(54)44-33-50(68-42-69(61-38-46(63(3,4)5)27-30-59(61)68)51-36-48(64(6,7)8)35-49(37-51)65(9,10)11)40-53(34-44)71-52-28-29-57-56-25-19-20-26-58(56)70(60(57)41-52)62-39-47(31-32-67-62)66(12,13)45-21-15-14-16-22-45/h14-41,43H,42H2,1-13H3. The second-order valence-electron chi connectivity index (χ2n) is 23.7. The zero-order chi connectivity index (χ0) is 50.2. The number of fused-ring (bicyclic) bond motifs is 4. The van der Waals surface area contributed by atoms with Crippen molar-refractivity contribution in [2.24, 2.45) is 0 Å². The van der Waals surface area contributed by atoms with Crippen LogP contribution in [-0.2, 0) is 21.7 Å². The Hall–Kier alpha value is -7.11. The minimum absolute atomic E-state index is 0.0207. The minimum Gasteiger partial charge on any atom is -0.457 e.